The molecule has 1 unspecified atom stereocenters. The second-order valence-corrected chi connectivity index (χ2v) is 6.74. The Kier molecular flexibility index (Phi) is 5.51. The van der Waals surface area contributed by atoms with Crippen LogP contribution in [0, 0.1) is 12.7 Å². The van der Waals surface area contributed by atoms with Crippen LogP contribution in [-0.2, 0) is 9.09 Å². The van der Waals surface area contributed by atoms with Crippen LogP contribution in [0.3, 0.4) is 0 Å². The maximum absolute atomic E-state index is 13.8. The third kappa shape index (κ3) is 4.68. The van der Waals surface area contributed by atoms with Crippen LogP contribution in [-0.4, -0.2) is 30.7 Å². The van der Waals surface area contributed by atoms with E-state index >= 15 is 0 Å². The molecule has 0 aliphatic heterocycles. The van der Waals surface area contributed by atoms with Crippen molar-refractivity contribution in [3.8, 4) is 0 Å². The molecule has 0 radical (unpaired) electrons. The number of carbonyl (C=O) groups is 1. The average Bonchev–Trinajstić information content (AvgIpc) is 2.82. The van der Waals surface area contributed by atoms with Gasteiger partial charge in [-0.15, -0.1) is 10.2 Å². The number of aromatic nitrogens is 3. The minimum absolute atomic E-state index is 0.00804. The van der Waals surface area contributed by atoms with Gasteiger partial charge in [-0.25, -0.2) is 8.96 Å². The molecule has 2 rings (SSSR count). The van der Waals surface area contributed by atoms with Crippen molar-refractivity contribution in [1.82, 2.24) is 15.0 Å². The van der Waals surface area contributed by atoms with Crippen molar-refractivity contribution in [3.05, 3.63) is 39.9 Å². The first kappa shape index (κ1) is 18.7. The van der Waals surface area contributed by atoms with E-state index in [1.807, 2.05) is 0 Å². The highest BCUT2D eigenvalue weighted by molar-refractivity contribution is 9.10. The van der Waals surface area contributed by atoms with Gasteiger partial charge in [0.25, 0.3) is 5.91 Å². The Hall–Kier alpha value is -1.65. The van der Waals surface area contributed by atoms with Gasteiger partial charge in [0, 0.05) is 0 Å². The molecular weight excluding hydrogens is 410 g/mol. The van der Waals surface area contributed by atoms with E-state index in [1.165, 1.54) is 19.1 Å². The Bertz CT molecular complexity index is 824. The molecule has 1 amide bonds. The number of carbonyl (C=O) groups excluding carboxylic acids is 1. The van der Waals surface area contributed by atoms with E-state index in [4.69, 9.17) is 9.79 Å². The number of benzene rings is 1. The summed E-state index contributed by atoms with van der Waals surface area (Å²) in [6, 6.07) is 4.29. The Morgan fingerprint density at radius 3 is 2.71 bits per heavy atom. The van der Waals surface area contributed by atoms with E-state index in [0.717, 1.165) is 4.80 Å². The molecule has 0 aliphatic carbocycles. The molecule has 1 heterocycles. The van der Waals surface area contributed by atoms with Gasteiger partial charge in [0.05, 0.1) is 5.69 Å². The lowest BCUT2D eigenvalue weighted by atomic mass is 10.2. The maximum atomic E-state index is 13.8. The van der Waals surface area contributed by atoms with Gasteiger partial charge in [-0.2, -0.15) is 4.80 Å². The number of hydrogen-bond donors (Lipinski definition) is 3. The Morgan fingerprint density at radius 1 is 1.46 bits per heavy atom. The number of halogens is 2. The average molecular weight is 423 g/mol. The number of phosphoric acid groups is 1. The number of phosphoric ester groups is 1. The molecule has 0 aliphatic rings. The van der Waals surface area contributed by atoms with Crippen LogP contribution < -0.4 is 5.32 Å². The SMILES string of the molecule is Cc1ccc(NC(=O)c2nn(C(C)OP(=O)(O)O)nc2Br)c(F)c1. The number of hydrogen-bond acceptors (Lipinski definition) is 5. The lowest BCUT2D eigenvalue weighted by Gasteiger charge is -2.11. The summed E-state index contributed by atoms with van der Waals surface area (Å²) in [5.41, 5.74) is 0.462. The smallest absolute Gasteiger partial charge is 0.318 e. The van der Waals surface area contributed by atoms with Gasteiger partial charge < -0.3 is 15.1 Å². The fourth-order valence-corrected chi connectivity index (χ4v) is 2.65. The predicted octanol–water partition coefficient (Wildman–Crippen LogP) is 2.37. The summed E-state index contributed by atoms with van der Waals surface area (Å²) in [7, 11) is -4.75. The van der Waals surface area contributed by atoms with Gasteiger partial charge in [-0.05, 0) is 47.5 Å². The third-order valence-electron chi connectivity index (χ3n) is 2.79. The molecule has 1 aromatic carbocycles. The molecule has 1 aromatic heterocycles. The van der Waals surface area contributed by atoms with Crippen LogP contribution in [0.4, 0.5) is 10.1 Å². The lowest BCUT2D eigenvalue weighted by Crippen LogP contribution is -2.16. The summed E-state index contributed by atoms with van der Waals surface area (Å²) in [5, 5.41) is 9.93. The molecule has 130 valence electrons. The van der Waals surface area contributed by atoms with E-state index in [1.54, 1.807) is 13.0 Å². The molecule has 3 N–H and O–H groups in total. The summed E-state index contributed by atoms with van der Waals surface area (Å²) in [4.78, 5) is 30.5. The second-order valence-electron chi connectivity index (χ2n) is 4.79. The molecule has 0 saturated carbocycles. The minimum atomic E-state index is -4.75. The Morgan fingerprint density at radius 2 is 2.12 bits per heavy atom. The van der Waals surface area contributed by atoms with Gasteiger partial charge in [0.2, 0.25) is 0 Å². The molecule has 0 fully saturated rings. The van der Waals surface area contributed by atoms with Crippen molar-refractivity contribution < 1.29 is 28.1 Å². The fraction of sp³-hybridized carbons (Fsp3) is 0.250. The lowest BCUT2D eigenvalue weighted by molar-refractivity contribution is 0.0762. The van der Waals surface area contributed by atoms with Crippen molar-refractivity contribution in [3.63, 3.8) is 0 Å². The number of anilines is 1. The topological polar surface area (TPSA) is 127 Å². The number of nitrogens with zero attached hydrogens (tertiary/aromatic N) is 3. The predicted molar refractivity (Wildman–Crippen MR) is 84.7 cm³/mol. The Labute approximate surface area is 144 Å². The van der Waals surface area contributed by atoms with Crippen molar-refractivity contribution in [2.24, 2.45) is 0 Å². The van der Waals surface area contributed by atoms with Crippen LogP contribution in [0.1, 0.15) is 29.2 Å². The van der Waals surface area contributed by atoms with E-state index < -0.39 is 25.8 Å². The zero-order valence-electron chi connectivity index (χ0n) is 12.5. The Balaban J connectivity index is 2.20. The first-order valence-electron chi connectivity index (χ1n) is 6.50. The van der Waals surface area contributed by atoms with E-state index in [0.29, 0.717) is 5.56 Å². The van der Waals surface area contributed by atoms with Crippen LogP contribution >= 0.6 is 23.8 Å². The largest absolute Gasteiger partial charge is 0.471 e. The highest BCUT2D eigenvalue weighted by Gasteiger charge is 2.25. The monoisotopic (exact) mass is 422 g/mol. The van der Waals surface area contributed by atoms with Gasteiger partial charge in [0.15, 0.2) is 16.5 Å². The van der Waals surface area contributed by atoms with Crippen LogP contribution in [0.5, 0.6) is 0 Å². The minimum Gasteiger partial charge on any atom is -0.318 e. The summed E-state index contributed by atoms with van der Waals surface area (Å²) < 4.78 is 29.0. The molecule has 1 atom stereocenters. The first-order chi connectivity index (χ1) is 11.1. The molecule has 2 aromatic rings. The van der Waals surface area contributed by atoms with Crippen molar-refractivity contribution >= 4 is 35.3 Å². The van der Waals surface area contributed by atoms with Gasteiger partial charge in [0.1, 0.15) is 5.82 Å². The van der Waals surface area contributed by atoms with Crippen LogP contribution in [0.25, 0.3) is 0 Å². The molecule has 12 heteroatoms. The standard InChI is InChI=1S/C12H13BrFN4O5P/c1-6-3-4-9(8(14)5-6)15-12(19)10-11(13)17-18(16-10)7(2)23-24(20,21)22/h3-5,7H,1-2H3,(H,15,19)(H2,20,21,22). The summed E-state index contributed by atoms with van der Waals surface area (Å²) in [6.07, 6.45) is -1.22. The highest BCUT2D eigenvalue weighted by atomic mass is 79.9. The van der Waals surface area contributed by atoms with E-state index in [-0.39, 0.29) is 16.0 Å². The third-order valence-corrected chi connectivity index (χ3v) is 3.90. The van der Waals surface area contributed by atoms with Gasteiger partial charge in [-0.3, -0.25) is 9.32 Å². The second kappa shape index (κ2) is 7.08. The highest BCUT2D eigenvalue weighted by Crippen LogP contribution is 2.40. The number of nitrogens with one attached hydrogen (secondary N) is 1. The molecule has 0 saturated heterocycles. The van der Waals surface area contributed by atoms with Gasteiger partial charge >= 0.3 is 7.82 Å². The maximum Gasteiger partial charge on any atom is 0.471 e. The summed E-state index contributed by atoms with van der Waals surface area (Å²) in [5.74, 6) is -1.36. The normalized spacial score (nSPS) is 12.9. The van der Waals surface area contributed by atoms with Crippen molar-refractivity contribution in [1.29, 1.82) is 0 Å². The molecule has 0 spiro atoms. The molecule has 0 bridgehead atoms. The van der Waals surface area contributed by atoms with Crippen molar-refractivity contribution in [2.45, 2.75) is 20.1 Å². The van der Waals surface area contributed by atoms with Crippen LogP contribution in [0.2, 0.25) is 0 Å². The molecule has 24 heavy (non-hydrogen) atoms. The zero-order chi connectivity index (χ0) is 18.1. The van der Waals surface area contributed by atoms with Crippen LogP contribution in [0.15, 0.2) is 22.8 Å². The van der Waals surface area contributed by atoms with E-state index in [2.05, 4.69) is 36.0 Å². The number of amides is 1. The fourth-order valence-electron chi connectivity index (χ4n) is 1.75. The van der Waals surface area contributed by atoms with E-state index in [9.17, 15) is 13.8 Å². The summed E-state index contributed by atoms with van der Waals surface area (Å²) >= 11 is 3.01. The number of rotatable bonds is 5. The quantitative estimate of drug-likeness (QED) is 0.631. The first-order valence-corrected chi connectivity index (χ1v) is 8.83. The summed E-state index contributed by atoms with van der Waals surface area (Å²) in [6.45, 7) is 2.99. The zero-order valence-corrected chi connectivity index (χ0v) is 15.0. The number of aryl methyl sites for hydroxylation is 1. The molecular formula is C12H13BrFN4O5P. The van der Waals surface area contributed by atoms with Gasteiger partial charge in [-0.1, -0.05) is 6.07 Å². The van der Waals surface area contributed by atoms with Crippen molar-refractivity contribution in [2.75, 3.05) is 5.32 Å². The molecule has 9 nitrogen and oxygen atoms in total.